The van der Waals surface area contributed by atoms with Gasteiger partial charge in [-0.15, -0.1) is 0 Å². The van der Waals surface area contributed by atoms with Crippen molar-refractivity contribution in [2.45, 2.75) is 5.06 Å². The van der Waals surface area contributed by atoms with E-state index in [-0.39, 0.29) is 0 Å². The Kier molecular flexibility index (Phi) is 2.53. The largest absolute Gasteiger partial charge is 0.429 e. The summed E-state index contributed by atoms with van der Waals surface area (Å²) in [4.78, 5) is 16.5. The van der Waals surface area contributed by atoms with Gasteiger partial charge >= 0.3 is 5.97 Å². The average Bonchev–Trinajstić information content (AvgIpc) is 2.80. The number of cyclic esters (lactones) is 1. The molecule has 1 aliphatic heterocycles. The molecule has 2 heterocycles. The van der Waals surface area contributed by atoms with Crippen LogP contribution in [-0.2, 0) is 9.80 Å². The molecular weight excluding hydrogens is 286 g/mol. The van der Waals surface area contributed by atoms with E-state index in [1.165, 1.54) is 0 Å². The molecule has 0 spiro atoms. The molecule has 0 aliphatic carbocycles. The van der Waals surface area contributed by atoms with Crippen LogP contribution in [0.15, 0.2) is 60.7 Å². The van der Waals surface area contributed by atoms with Crippen LogP contribution in [0.1, 0.15) is 21.6 Å². The molecule has 1 aliphatic rings. The standard InChI is InChI=1S/C17H10ClNO2/c18-17(13-7-3-2-6-12(13)16(20)21-17)15-10-9-11-5-1-4-8-14(11)19-15/h1-10H. The summed E-state index contributed by atoms with van der Waals surface area (Å²) in [6, 6.07) is 18.6. The number of hydrogen-bond donors (Lipinski definition) is 0. The van der Waals surface area contributed by atoms with E-state index in [0.29, 0.717) is 16.8 Å². The Bertz CT molecular complexity index is 877. The van der Waals surface area contributed by atoms with Gasteiger partial charge in [-0.05, 0) is 18.2 Å². The third-order valence-corrected chi connectivity index (χ3v) is 4.13. The van der Waals surface area contributed by atoms with Gasteiger partial charge in [-0.25, -0.2) is 9.78 Å². The molecule has 0 amide bonds. The maximum Gasteiger partial charge on any atom is 0.340 e. The number of para-hydroxylation sites is 1. The number of rotatable bonds is 1. The molecule has 21 heavy (non-hydrogen) atoms. The van der Waals surface area contributed by atoms with Crippen molar-refractivity contribution in [1.82, 2.24) is 4.98 Å². The SMILES string of the molecule is O=C1OC(Cl)(c2ccc3ccccc3n2)c2ccccc21. The summed E-state index contributed by atoms with van der Waals surface area (Å²) in [5.41, 5.74) is 2.46. The number of carbonyl (C=O) groups excluding carboxylic acids is 1. The van der Waals surface area contributed by atoms with Gasteiger partial charge < -0.3 is 4.74 Å². The third kappa shape index (κ3) is 1.74. The molecular formula is C17H10ClNO2. The van der Waals surface area contributed by atoms with Crippen molar-refractivity contribution in [2.75, 3.05) is 0 Å². The number of esters is 1. The number of halogens is 1. The number of pyridine rings is 1. The van der Waals surface area contributed by atoms with Crippen LogP contribution < -0.4 is 0 Å². The summed E-state index contributed by atoms with van der Waals surface area (Å²) in [6.07, 6.45) is 0. The summed E-state index contributed by atoms with van der Waals surface area (Å²) < 4.78 is 5.42. The van der Waals surface area contributed by atoms with E-state index in [1.807, 2.05) is 36.4 Å². The number of ether oxygens (including phenoxy) is 1. The smallest absolute Gasteiger partial charge is 0.340 e. The number of nitrogens with zero attached hydrogens (tertiary/aromatic N) is 1. The number of benzene rings is 2. The van der Waals surface area contributed by atoms with Crippen LogP contribution in [-0.4, -0.2) is 11.0 Å². The molecule has 0 radical (unpaired) electrons. The second-order valence-electron chi connectivity index (χ2n) is 4.92. The number of carbonyl (C=O) groups is 1. The predicted molar refractivity (Wildman–Crippen MR) is 80.2 cm³/mol. The summed E-state index contributed by atoms with van der Waals surface area (Å²) in [5, 5.41) is -0.336. The van der Waals surface area contributed by atoms with Crippen LogP contribution in [0.4, 0.5) is 0 Å². The first-order chi connectivity index (χ1) is 10.2. The van der Waals surface area contributed by atoms with E-state index >= 15 is 0 Å². The molecule has 0 bridgehead atoms. The monoisotopic (exact) mass is 295 g/mol. The lowest BCUT2D eigenvalue weighted by atomic mass is 10.0. The zero-order valence-electron chi connectivity index (χ0n) is 10.9. The molecule has 1 atom stereocenters. The first-order valence-electron chi connectivity index (χ1n) is 6.56. The minimum absolute atomic E-state index is 0.421. The lowest BCUT2D eigenvalue weighted by Crippen LogP contribution is -2.21. The Morgan fingerprint density at radius 2 is 1.71 bits per heavy atom. The quantitative estimate of drug-likeness (QED) is 0.506. The van der Waals surface area contributed by atoms with Gasteiger partial charge in [0.2, 0.25) is 0 Å². The van der Waals surface area contributed by atoms with Crippen molar-refractivity contribution in [2.24, 2.45) is 0 Å². The minimum atomic E-state index is -1.35. The minimum Gasteiger partial charge on any atom is -0.429 e. The molecule has 0 saturated heterocycles. The van der Waals surface area contributed by atoms with E-state index < -0.39 is 11.0 Å². The molecule has 0 N–H and O–H groups in total. The van der Waals surface area contributed by atoms with E-state index in [4.69, 9.17) is 16.3 Å². The van der Waals surface area contributed by atoms with Crippen LogP contribution in [0.25, 0.3) is 10.9 Å². The summed E-state index contributed by atoms with van der Waals surface area (Å²) in [7, 11) is 0. The Morgan fingerprint density at radius 3 is 2.62 bits per heavy atom. The van der Waals surface area contributed by atoms with Crippen LogP contribution in [0, 0.1) is 0 Å². The number of aromatic nitrogens is 1. The van der Waals surface area contributed by atoms with Gasteiger partial charge in [0.25, 0.3) is 5.06 Å². The van der Waals surface area contributed by atoms with Crippen molar-refractivity contribution in [1.29, 1.82) is 0 Å². The van der Waals surface area contributed by atoms with Gasteiger partial charge in [-0.3, -0.25) is 0 Å². The van der Waals surface area contributed by atoms with Crippen molar-refractivity contribution in [3.8, 4) is 0 Å². The number of fused-ring (bicyclic) bond motifs is 2. The highest BCUT2D eigenvalue weighted by molar-refractivity contribution is 6.27. The van der Waals surface area contributed by atoms with Crippen molar-refractivity contribution >= 4 is 28.5 Å². The second kappa shape index (κ2) is 4.30. The van der Waals surface area contributed by atoms with Gasteiger partial charge in [0.1, 0.15) is 5.69 Å². The molecule has 1 unspecified atom stereocenters. The Hall–Kier alpha value is -2.39. The molecule has 4 rings (SSSR count). The Labute approximate surface area is 126 Å². The fraction of sp³-hybridized carbons (Fsp3) is 0.0588. The highest BCUT2D eigenvalue weighted by Crippen LogP contribution is 2.44. The van der Waals surface area contributed by atoms with Crippen molar-refractivity contribution in [3.05, 3.63) is 77.5 Å². The maximum absolute atomic E-state index is 12.0. The molecule has 4 heteroatoms. The second-order valence-corrected chi connectivity index (χ2v) is 5.45. The highest BCUT2D eigenvalue weighted by Gasteiger charge is 2.46. The first kappa shape index (κ1) is 12.4. The molecule has 102 valence electrons. The van der Waals surface area contributed by atoms with Crippen molar-refractivity contribution < 1.29 is 9.53 Å². The number of alkyl halides is 1. The van der Waals surface area contributed by atoms with E-state index in [1.54, 1.807) is 24.3 Å². The fourth-order valence-electron chi connectivity index (χ4n) is 2.61. The molecule has 2 aromatic carbocycles. The molecule has 3 nitrogen and oxygen atoms in total. The van der Waals surface area contributed by atoms with Crippen LogP contribution in [0.3, 0.4) is 0 Å². The van der Waals surface area contributed by atoms with E-state index in [0.717, 1.165) is 10.9 Å². The van der Waals surface area contributed by atoms with Gasteiger partial charge in [-0.2, -0.15) is 0 Å². The molecule has 1 aromatic heterocycles. The lowest BCUT2D eigenvalue weighted by molar-refractivity contribution is 0.0357. The Balaban J connectivity index is 1.94. The normalized spacial score (nSPS) is 20.3. The average molecular weight is 296 g/mol. The van der Waals surface area contributed by atoms with Crippen molar-refractivity contribution in [3.63, 3.8) is 0 Å². The maximum atomic E-state index is 12.0. The predicted octanol–water partition coefficient (Wildman–Crippen LogP) is 3.85. The van der Waals surface area contributed by atoms with Crippen LogP contribution in [0.2, 0.25) is 0 Å². The summed E-state index contributed by atoms with van der Waals surface area (Å²) in [5.74, 6) is -0.421. The van der Waals surface area contributed by atoms with Gasteiger partial charge in [0.15, 0.2) is 0 Å². The van der Waals surface area contributed by atoms with E-state index in [9.17, 15) is 4.79 Å². The Morgan fingerprint density at radius 1 is 0.952 bits per heavy atom. The fourth-order valence-corrected chi connectivity index (χ4v) is 2.95. The number of hydrogen-bond acceptors (Lipinski definition) is 3. The zero-order chi connectivity index (χ0) is 14.4. The third-order valence-electron chi connectivity index (χ3n) is 3.65. The molecule has 0 fully saturated rings. The summed E-state index contributed by atoms with van der Waals surface area (Å²) >= 11 is 6.62. The van der Waals surface area contributed by atoms with Crippen LogP contribution in [0.5, 0.6) is 0 Å². The van der Waals surface area contributed by atoms with Crippen LogP contribution >= 0.6 is 11.6 Å². The molecule has 0 saturated carbocycles. The van der Waals surface area contributed by atoms with Gasteiger partial charge in [-0.1, -0.05) is 54.1 Å². The summed E-state index contributed by atoms with van der Waals surface area (Å²) in [6.45, 7) is 0. The van der Waals surface area contributed by atoms with E-state index in [2.05, 4.69) is 4.98 Å². The highest BCUT2D eigenvalue weighted by atomic mass is 35.5. The lowest BCUT2D eigenvalue weighted by Gasteiger charge is -2.20. The molecule has 3 aromatic rings. The zero-order valence-corrected chi connectivity index (χ0v) is 11.7. The topological polar surface area (TPSA) is 39.2 Å². The first-order valence-corrected chi connectivity index (χ1v) is 6.94. The van der Waals surface area contributed by atoms with Gasteiger partial charge in [0, 0.05) is 10.9 Å². The van der Waals surface area contributed by atoms with Gasteiger partial charge in [0.05, 0.1) is 11.1 Å².